The third-order valence-electron chi connectivity index (χ3n) is 3.75. The third kappa shape index (κ3) is 4.90. The number of amides is 1. The van der Waals surface area contributed by atoms with Crippen molar-refractivity contribution in [3.63, 3.8) is 0 Å². The van der Waals surface area contributed by atoms with E-state index in [9.17, 15) is 4.79 Å². The van der Waals surface area contributed by atoms with Gasteiger partial charge < -0.3 is 15.5 Å². The molecule has 0 bridgehead atoms. The minimum atomic E-state index is -0.0269. The van der Waals surface area contributed by atoms with Gasteiger partial charge >= 0.3 is 0 Å². The van der Waals surface area contributed by atoms with Crippen LogP contribution in [-0.4, -0.2) is 26.5 Å². The molecule has 2 N–H and O–H groups in total. The molecule has 2 aromatic rings. The third-order valence-corrected chi connectivity index (χ3v) is 4.05. The van der Waals surface area contributed by atoms with E-state index in [1.54, 1.807) is 0 Å². The molecule has 0 unspecified atom stereocenters. The van der Waals surface area contributed by atoms with Crippen LogP contribution in [0.5, 0.6) is 0 Å². The van der Waals surface area contributed by atoms with Gasteiger partial charge in [-0.05, 0) is 55.3 Å². The minimum absolute atomic E-state index is 0.0269. The zero-order chi connectivity index (χ0) is 17.7. The number of benzene rings is 2. The number of carbonyl (C=O) groups excluding carboxylic acids is 1. The molecule has 24 heavy (non-hydrogen) atoms. The molecule has 0 aromatic heterocycles. The summed E-state index contributed by atoms with van der Waals surface area (Å²) in [5, 5.41) is 6.84. The van der Waals surface area contributed by atoms with Gasteiger partial charge in [0.1, 0.15) is 0 Å². The second-order valence-electron chi connectivity index (χ2n) is 6.10. The molecule has 2 aromatic carbocycles. The predicted octanol–water partition coefficient (Wildman–Crippen LogP) is 4.46. The van der Waals surface area contributed by atoms with E-state index >= 15 is 0 Å². The lowest BCUT2D eigenvalue weighted by Crippen LogP contribution is -2.17. The van der Waals surface area contributed by atoms with Crippen LogP contribution in [0.1, 0.15) is 17.5 Å². The predicted molar refractivity (Wildman–Crippen MR) is 103 cm³/mol. The van der Waals surface area contributed by atoms with Crippen molar-refractivity contribution in [3.05, 3.63) is 52.5 Å². The highest BCUT2D eigenvalue weighted by Crippen LogP contribution is 2.27. The number of rotatable bonds is 6. The Kier molecular flexibility index (Phi) is 6.10. The number of hydrogen-bond donors (Lipinski definition) is 2. The second-order valence-corrected chi connectivity index (χ2v) is 6.51. The first kappa shape index (κ1) is 18.1. The Morgan fingerprint density at radius 2 is 1.79 bits per heavy atom. The van der Waals surface area contributed by atoms with Gasteiger partial charge in [0.15, 0.2) is 0 Å². The number of anilines is 3. The molecule has 4 nitrogen and oxygen atoms in total. The SMILES string of the molecule is Cc1cc(C)c(NCCC(=O)Nc2ccc(N(C)C)cc2)c(Cl)c1. The summed E-state index contributed by atoms with van der Waals surface area (Å²) in [5.74, 6) is -0.0269. The fourth-order valence-corrected chi connectivity index (χ4v) is 2.90. The fraction of sp³-hybridized carbons (Fsp3) is 0.316. The van der Waals surface area contributed by atoms with E-state index in [2.05, 4.69) is 16.7 Å². The summed E-state index contributed by atoms with van der Waals surface area (Å²) in [7, 11) is 3.97. The van der Waals surface area contributed by atoms with Gasteiger partial charge in [-0.15, -0.1) is 0 Å². The topological polar surface area (TPSA) is 44.4 Å². The molecule has 0 aliphatic rings. The van der Waals surface area contributed by atoms with Gasteiger partial charge in [-0.1, -0.05) is 17.7 Å². The van der Waals surface area contributed by atoms with E-state index in [1.807, 2.05) is 63.2 Å². The van der Waals surface area contributed by atoms with E-state index in [0.717, 1.165) is 28.2 Å². The largest absolute Gasteiger partial charge is 0.383 e. The summed E-state index contributed by atoms with van der Waals surface area (Å²) < 4.78 is 0. The Hall–Kier alpha value is -2.20. The van der Waals surface area contributed by atoms with Crippen LogP contribution in [0.4, 0.5) is 17.1 Å². The van der Waals surface area contributed by atoms with Gasteiger partial charge in [-0.3, -0.25) is 4.79 Å². The van der Waals surface area contributed by atoms with Crippen LogP contribution in [0.15, 0.2) is 36.4 Å². The zero-order valence-electron chi connectivity index (χ0n) is 14.6. The van der Waals surface area contributed by atoms with Crippen molar-refractivity contribution in [2.24, 2.45) is 0 Å². The van der Waals surface area contributed by atoms with Crippen molar-refractivity contribution in [2.45, 2.75) is 20.3 Å². The molecule has 0 radical (unpaired) electrons. The highest BCUT2D eigenvalue weighted by Gasteiger charge is 2.07. The quantitative estimate of drug-likeness (QED) is 0.812. The van der Waals surface area contributed by atoms with Crippen molar-refractivity contribution < 1.29 is 4.79 Å². The van der Waals surface area contributed by atoms with E-state index in [0.29, 0.717) is 18.0 Å². The number of aryl methyl sites for hydroxylation is 2. The van der Waals surface area contributed by atoms with Crippen LogP contribution < -0.4 is 15.5 Å². The summed E-state index contributed by atoms with van der Waals surface area (Å²) in [5.41, 5.74) is 5.00. The van der Waals surface area contributed by atoms with Crippen LogP contribution in [0.25, 0.3) is 0 Å². The van der Waals surface area contributed by atoms with E-state index < -0.39 is 0 Å². The molecule has 5 heteroatoms. The summed E-state index contributed by atoms with van der Waals surface area (Å²) in [6.45, 7) is 4.55. The monoisotopic (exact) mass is 345 g/mol. The fourth-order valence-electron chi connectivity index (χ4n) is 2.51. The van der Waals surface area contributed by atoms with Crippen molar-refractivity contribution >= 4 is 34.6 Å². The van der Waals surface area contributed by atoms with Gasteiger partial charge in [-0.25, -0.2) is 0 Å². The second kappa shape index (κ2) is 8.06. The lowest BCUT2D eigenvalue weighted by Gasteiger charge is -2.14. The first-order valence-electron chi connectivity index (χ1n) is 7.94. The Morgan fingerprint density at radius 3 is 2.38 bits per heavy atom. The molecule has 1 amide bonds. The lowest BCUT2D eigenvalue weighted by molar-refractivity contribution is -0.115. The molecule has 2 rings (SSSR count). The highest BCUT2D eigenvalue weighted by atomic mass is 35.5. The number of hydrogen-bond acceptors (Lipinski definition) is 3. The van der Waals surface area contributed by atoms with Crippen LogP contribution in [-0.2, 0) is 4.79 Å². The smallest absolute Gasteiger partial charge is 0.226 e. The van der Waals surface area contributed by atoms with E-state index in [4.69, 9.17) is 11.6 Å². The van der Waals surface area contributed by atoms with Crippen molar-refractivity contribution in [2.75, 3.05) is 36.2 Å². The van der Waals surface area contributed by atoms with Crippen molar-refractivity contribution in [1.82, 2.24) is 0 Å². The number of nitrogens with zero attached hydrogens (tertiary/aromatic N) is 1. The van der Waals surface area contributed by atoms with Gasteiger partial charge in [0.05, 0.1) is 10.7 Å². The molecule has 0 atom stereocenters. The van der Waals surface area contributed by atoms with Crippen LogP contribution >= 0.6 is 11.6 Å². The lowest BCUT2D eigenvalue weighted by atomic mass is 10.1. The number of nitrogens with one attached hydrogen (secondary N) is 2. The summed E-state index contributed by atoms with van der Waals surface area (Å²) in [6, 6.07) is 11.7. The Labute approximate surface area is 148 Å². The van der Waals surface area contributed by atoms with Crippen molar-refractivity contribution in [1.29, 1.82) is 0 Å². The maximum atomic E-state index is 12.1. The summed E-state index contributed by atoms with van der Waals surface area (Å²) >= 11 is 6.25. The molecular formula is C19H24ClN3O. The van der Waals surface area contributed by atoms with Crippen LogP contribution in [0, 0.1) is 13.8 Å². The molecule has 0 heterocycles. The molecule has 0 spiro atoms. The van der Waals surface area contributed by atoms with E-state index in [-0.39, 0.29) is 5.91 Å². The van der Waals surface area contributed by atoms with Gasteiger partial charge in [0, 0.05) is 38.4 Å². The molecular weight excluding hydrogens is 322 g/mol. The van der Waals surface area contributed by atoms with E-state index in [1.165, 1.54) is 0 Å². The molecule has 0 saturated carbocycles. The molecule has 0 aliphatic carbocycles. The summed E-state index contributed by atoms with van der Waals surface area (Å²) in [4.78, 5) is 14.1. The van der Waals surface area contributed by atoms with Crippen molar-refractivity contribution in [3.8, 4) is 0 Å². The standard InChI is InChI=1S/C19H24ClN3O/c1-13-11-14(2)19(17(20)12-13)21-10-9-18(24)22-15-5-7-16(8-6-15)23(3)4/h5-8,11-12,21H,9-10H2,1-4H3,(H,22,24). The molecule has 0 aliphatic heterocycles. The average molecular weight is 346 g/mol. The van der Waals surface area contributed by atoms with Gasteiger partial charge in [0.25, 0.3) is 0 Å². The number of halogens is 1. The maximum Gasteiger partial charge on any atom is 0.226 e. The zero-order valence-corrected chi connectivity index (χ0v) is 15.4. The van der Waals surface area contributed by atoms with Gasteiger partial charge in [-0.2, -0.15) is 0 Å². The highest BCUT2D eigenvalue weighted by molar-refractivity contribution is 6.33. The molecule has 128 valence electrons. The Morgan fingerprint density at radius 1 is 1.12 bits per heavy atom. The average Bonchev–Trinajstić information content (AvgIpc) is 2.50. The van der Waals surface area contributed by atoms with Gasteiger partial charge in [0.2, 0.25) is 5.91 Å². The molecule has 0 saturated heterocycles. The Bertz CT molecular complexity index is 688. The molecule has 0 fully saturated rings. The Balaban J connectivity index is 1.85. The number of carbonyl (C=O) groups is 1. The first-order valence-corrected chi connectivity index (χ1v) is 8.32. The van der Waals surface area contributed by atoms with Crippen LogP contribution in [0.3, 0.4) is 0 Å². The summed E-state index contributed by atoms with van der Waals surface area (Å²) in [6.07, 6.45) is 0.374. The maximum absolute atomic E-state index is 12.1. The first-order chi connectivity index (χ1) is 11.4. The normalized spacial score (nSPS) is 10.4. The minimum Gasteiger partial charge on any atom is -0.383 e. The van der Waals surface area contributed by atoms with Crippen LogP contribution in [0.2, 0.25) is 5.02 Å².